The predicted molar refractivity (Wildman–Crippen MR) is 145 cm³/mol. The topological polar surface area (TPSA) is 110 Å². The van der Waals surface area contributed by atoms with Crippen LogP contribution in [0.25, 0.3) is 0 Å². The largest absolute Gasteiger partial charge is 0.491 e. The van der Waals surface area contributed by atoms with Crippen LogP contribution >= 0.6 is 0 Å². The fourth-order valence-electron chi connectivity index (χ4n) is 8.22. The van der Waals surface area contributed by atoms with Gasteiger partial charge in [-0.1, -0.05) is 39.8 Å². The third kappa shape index (κ3) is 4.07. The van der Waals surface area contributed by atoms with Crippen molar-refractivity contribution in [3.05, 3.63) is 36.4 Å². The zero-order valence-electron chi connectivity index (χ0n) is 22.8. The molecule has 2 N–H and O–H groups in total. The van der Waals surface area contributed by atoms with E-state index in [0.29, 0.717) is 23.2 Å². The second kappa shape index (κ2) is 9.68. The van der Waals surface area contributed by atoms with E-state index in [9.17, 15) is 23.9 Å². The quantitative estimate of drug-likeness (QED) is 0.335. The van der Waals surface area contributed by atoms with Crippen molar-refractivity contribution in [2.75, 3.05) is 5.75 Å². The number of aliphatic hydroxyl groups is 1. The number of Topliss-reactive ketones (excluding diaryl/α,β-unsaturated/α-hetero) is 1. The number of aliphatic hydroxyl groups excluding tert-OH is 1. The lowest BCUT2D eigenvalue weighted by Gasteiger charge is -2.61. The summed E-state index contributed by atoms with van der Waals surface area (Å²) in [4.78, 5) is 27.3. The second-order valence-electron chi connectivity index (χ2n) is 12.6. The van der Waals surface area contributed by atoms with Crippen molar-refractivity contribution in [2.24, 2.45) is 34.0 Å². The van der Waals surface area contributed by atoms with Gasteiger partial charge in [0.05, 0.1) is 23.5 Å². The molecule has 9 atom stereocenters. The summed E-state index contributed by atoms with van der Waals surface area (Å²) in [6.45, 7) is 12.6. The number of ketones is 1. The minimum absolute atomic E-state index is 0.0999. The highest BCUT2D eigenvalue weighted by Gasteiger charge is 2.68. The Hall–Kier alpha value is -1.81. The molecule has 0 radical (unpaired) electrons. The monoisotopic (exact) mass is 542 g/mol. The summed E-state index contributed by atoms with van der Waals surface area (Å²) < 4.78 is 24.6. The summed E-state index contributed by atoms with van der Waals surface area (Å²) in [5.74, 6) is -1.03. The summed E-state index contributed by atoms with van der Waals surface area (Å²) in [6.07, 6.45) is 3.70. The molecule has 0 saturated heterocycles. The molecule has 38 heavy (non-hydrogen) atoms. The maximum atomic E-state index is 13.5. The molecule has 1 aliphatic heterocycles. The molecular weight excluding hydrogens is 503 g/mol. The van der Waals surface area contributed by atoms with Crippen LogP contribution in [0.5, 0.6) is 0 Å². The maximum Gasteiger partial charge on any atom is 0.491 e. The van der Waals surface area contributed by atoms with E-state index in [0.717, 1.165) is 24.8 Å². The number of ether oxygens (including phenoxy) is 1. The van der Waals surface area contributed by atoms with Crippen LogP contribution in [0.1, 0.15) is 65.4 Å². The summed E-state index contributed by atoms with van der Waals surface area (Å²) >= 11 is 0. The molecule has 1 aromatic carbocycles. The van der Waals surface area contributed by atoms with Gasteiger partial charge in [0.15, 0.2) is 0 Å². The lowest BCUT2D eigenvalue weighted by atomic mass is 9.44. The zero-order chi connectivity index (χ0) is 27.6. The van der Waals surface area contributed by atoms with Crippen molar-refractivity contribution >= 4 is 35.1 Å². The van der Waals surface area contributed by atoms with E-state index in [1.165, 1.54) is 0 Å². The lowest BCUT2D eigenvalue weighted by molar-refractivity contribution is -0.205. The Morgan fingerprint density at radius 2 is 2.05 bits per heavy atom. The summed E-state index contributed by atoms with van der Waals surface area (Å²) in [5, 5.41) is 21.6. The number of benzene rings is 1. The highest BCUT2D eigenvalue weighted by molar-refractivity contribution is 7.85. The van der Waals surface area contributed by atoms with Gasteiger partial charge in [0.25, 0.3) is 0 Å². The lowest BCUT2D eigenvalue weighted by Crippen LogP contribution is -2.63. The Bertz CT molecular complexity index is 1190. The number of carbonyl (C=O) groups is 2. The molecule has 4 aliphatic rings. The number of hydrogen-bond acceptors (Lipinski definition) is 7. The molecule has 0 amide bonds. The van der Waals surface area contributed by atoms with Gasteiger partial charge >= 0.3 is 13.1 Å². The first kappa shape index (κ1) is 27.8. The van der Waals surface area contributed by atoms with Crippen LogP contribution in [0.4, 0.5) is 0 Å². The average Bonchev–Trinajstić information content (AvgIpc) is 3.44. The molecule has 9 heteroatoms. The van der Waals surface area contributed by atoms with E-state index in [1.807, 2.05) is 6.92 Å². The van der Waals surface area contributed by atoms with E-state index in [4.69, 9.17) is 9.39 Å². The van der Waals surface area contributed by atoms with Gasteiger partial charge in [-0.2, -0.15) is 0 Å². The molecule has 0 aromatic heterocycles. The van der Waals surface area contributed by atoms with Gasteiger partial charge in [-0.3, -0.25) is 13.8 Å². The van der Waals surface area contributed by atoms with Gasteiger partial charge in [-0.15, -0.1) is 6.58 Å². The minimum atomic E-state index is -1.69. The molecule has 0 spiro atoms. The van der Waals surface area contributed by atoms with Crippen molar-refractivity contribution in [2.45, 2.75) is 83.5 Å². The number of hydrogen-bond donors (Lipinski definition) is 2. The Morgan fingerprint density at radius 3 is 2.76 bits per heavy atom. The van der Waals surface area contributed by atoms with E-state index in [2.05, 4.69) is 27.4 Å². The van der Waals surface area contributed by atoms with Crippen molar-refractivity contribution in [3.63, 3.8) is 0 Å². The molecule has 3 aliphatic carbocycles. The van der Waals surface area contributed by atoms with Crippen LogP contribution in [0, 0.1) is 34.0 Å². The van der Waals surface area contributed by atoms with Crippen LogP contribution in [-0.2, 0) is 36.4 Å². The second-order valence-corrected chi connectivity index (χ2v) is 14.0. The SMILES string of the molecule is C=C[C@]1(C)C[C@@H](OC(=O)C[S@@](=O)c2ccc3c(c2)B(O)OC3)[C@@]2(C)[C@@H]3C(=O)CC[C@@]3(CC[C@@H]2C)[C@@H](C)[C@@H]1O. The van der Waals surface area contributed by atoms with Crippen LogP contribution in [0.3, 0.4) is 0 Å². The predicted octanol–water partition coefficient (Wildman–Crippen LogP) is 2.92. The Kier molecular flexibility index (Phi) is 7.07. The first-order valence-electron chi connectivity index (χ1n) is 13.7. The zero-order valence-corrected chi connectivity index (χ0v) is 23.6. The highest BCUT2D eigenvalue weighted by atomic mass is 32.2. The molecular formula is C29H39BO7S. The number of carbonyl (C=O) groups excluding carboxylic acids is 2. The molecule has 206 valence electrons. The van der Waals surface area contributed by atoms with Crippen molar-refractivity contribution in [1.29, 1.82) is 0 Å². The average molecular weight is 543 g/mol. The number of fused-ring (bicyclic) bond motifs is 1. The van der Waals surface area contributed by atoms with Crippen molar-refractivity contribution < 1.29 is 33.3 Å². The van der Waals surface area contributed by atoms with Crippen LogP contribution in [0.15, 0.2) is 35.7 Å². The van der Waals surface area contributed by atoms with Gasteiger partial charge < -0.3 is 19.5 Å². The molecule has 1 heterocycles. The fraction of sp³-hybridized carbons (Fsp3) is 0.655. The molecule has 3 fully saturated rings. The van der Waals surface area contributed by atoms with Crippen LogP contribution < -0.4 is 5.46 Å². The Morgan fingerprint density at radius 1 is 1.32 bits per heavy atom. The maximum absolute atomic E-state index is 13.5. The smallest absolute Gasteiger partial charge is 0.461 e. The number of esters is 1. The third-order valence-electron chi connectivity index (χ3n) is 10.9. The van der Waals surface area contributed by atoms with E-state index >= 15 is 0 Å². The summed E-state index contributed by atoms with van der Waals surface area (Å²) in [6, 6.07) is 5.06. The highest BCUT2D eigenvalue weighted by Crippen LogP contribution is 2.68. The first-order valence-corrected chi connectivity index (χ1v) is 15.0. The standard InChI is InChI=1S/C29H39BO7S/c1-6-27(4)14-23(37-24(32)16-38(35)20-8-7-19-15-36-30(34)21(19)13-20)28(5)17(2)9-11-29(18(3)26(27)33)12-10-22(31)25(28)29/h6-8,13,17-18,23,25-26,33-34H,1,9-12,14-16H2,2-5H3/t17-,18-,23+,25-,26-,27+,28-,29-,38+/m0/s1. The molecule has 7 nitrogen and oxygen atoms in total. The third-order valence-corrected chi connectivity index (χ3v) is 12.1. The summed E-state index contributed by atoms with van der Waals surface area (Å²) in [5.41, 5.74) is -0.286. The van der Waals surface area contributed by atoms with Gasteiger partial charge in [-0.25, -0.2) is 0 Å². The van der Waals surface area contributed by atoms with Crippen LogP contribution in [-0.4, -0.2) is 51.2 Å². The number of rotatable bonds is 5. The van der Waals surface area contributed by atoms with Gasteiger partial charge in [0.1, 0.15) is 17.6 Å². The molecule has 1 aromatic rings. The van der Waals surface area contributed by atoms with Gasteiger partial charge in [-0.05, 0) is 66.1 Å². The molecule has 0 unspecified atom stereocenters. The van der Waals surface area contributed by atoms with Crippen molar-refractivity contribution in [3.8, 4) is 0 Å². The molecule has 2 bridgehead atoms. The minimum Gasteiger partial charge on any atom is -0.461 e. The fourth-order valence-corrected chi connectivity index (χ4v) is 9.15. The van der Waals surface area contributed by atoms with E-state index in [-0.39, 0.29) is 41.3 Å². The van der Waals surface area contributed by atoms with E-state index < -0.39 is 46.9 Å². The Labute approximate surface area is 228 Å². The Balaban J connectivity index is 1.46. The first-order chi connectivity index (χ1) is 17.9. The van der Waals surface area contributed by atoms with Gasteiger partial charge in [0, 0.05) is 28.1 Å². The van der Waals surface area contributed by atoms with E-state index in [1.54, 1.807) is 24.3 Å². The van der Waals surface area contributed by atoms with Crippen molar-refractivity contribution in [1.82, 2.24) is 0 Å². The normalized spacial score (nSPS) is 41.1. The summed E-state index contributed by atoms with van der Waals surface area (Å²) in [7, 11) is -2.75. The molecule has 3 saturated carbocycles. The van der Waals surface area contributed by atoms with Crippen LogP contribution in [0.2, 0.25) is 0 Å². The molecule has 5 rings (SSSR count). The van der Waals surface area contributed by atoms with Gasteiger partial charge in [0.2, 0.25) is 0 Å².